The Labute approximate surface area is 78.6 Å². The monoisotopic (exact) mass is 188 g/mol. The Balaban J connectivity index is 3.06. The van der Waals surface area contributed by atoms with Gasteiger partial charge in [-0.2, -0.15) is 0 Å². The molecular weight excluding hydrogens is 170 g/mol. The fourth-order valence-corrected chi connectivity index (χ4v) is 1.02. The zero-order valence-electron chi connectivity index (χ0n) is 8.01. The molecular formula is C8H18NO2Si+3. The number of nitrogens with zero attached hydrogens (tertiary/aromatic N) is 1. The van der Waals surface area contributed by atoms with Crippen molar-refractivity contribution in [2.24, 2.45) is 0 Å². The number of likely N-dealkylation sites (N-methyl/N-ethyl adjacent to an activating group) is 1. The Bertz CT molecular complexity index is 89.1. The molecule has 0 aromatic carbocycles. The molecule has 0 rings (SSSR count). The molecule has 0 heterocycles. The normalized spacial score (nSPS) is 11.1. The van der Waals surface area contributed by atoms with Crippen molar-refractivity contribution in [2.75, 3.05) is 39.5 Å². The molecule has 68 valence electrons. The van der Waals surface area contributed by atoms with E-state index in [1.165, 1.54) is 0 Å². The van der Waals surface area contributed by atoms with Gasteiger partial charge in [-0.05, 0) is 0 Å². The summed E-state index contributed by atoms with van der Waals surface area (Å²) in [6, 6.07) is 0. The first-order valence-electron chi connectivity index (χ1n) is 4.43. The summed E-state index contributed by atoms with van der Waals surface area (Å²) in [4.78, 5) is 2.33. The third kappa shape index (κ3) is 6.79. The fraction of sp³-hybridized carbons (Fsp3) is 1.00. The molecule has 0 amide bonds. The minimum absolute atomic E-state index is 0.606. The van der Waals surface area contributed by atoms with Gasteiger partial charge in [-0.3, -0.25) is 0 Å². The van der Waals surface area contributed by atoms with E-state index in [0.717, 1.165) is 26.2 Å². The van der Waals surface area contributed by atoms with E-state index < -0.39 is 0 Å². The van der Waals surface area contributed by atoms with Crippen LogP contribution in [0.4, 0.5) is 0 Å². The van der Waals surface area contributed by atoms with Crippen LogP contribution in [0.3, 0.4) is 0 Å². The summed E-state index contributed by atoms with van der Waals surface area (Å²) >= 11 is 0. The van der Waals surface area contributed by atoms with Gasteiger partial charge in [0, 0.05) is 0 Å². The molecule has 0 N–H and O–H groups in total. The Morgan fingerprint density at radius 2 is 1.75 bits per heavy atom. The van der Waals surface area contributed by atoms with E-state index in [1.54, 1.807) is 0 Å². The van der Waals surface area contributed by atoms with Crippen LogP contribution in [0.1, 0.15) is 13.8 Å². The molecule has 0 aliphatic rings. The van der Waals surface area contributed by atoms with Gasteiger partial charge in [0.25, 0.3) is 0 Å². The Hall–Kier alpha value is 0.0969. The van der Waals surface area contributed by atoms with Crippen molar-refractivity contribution in [1.82, 2.24) is 4.90 Å². The van der Waals surface area contributed by atoms with Gasteiger partial charge in [-0.25, -0.2) is 0 Å². The molecule has 0 bridgehead atoms. The van der Waals surface area contributed by atoms with Gasteiger partial charge < -0.3 is 0 Å². The first-order valence-corrected chi connectivity index (χ1v) is 4.84. The van der Waals surface area contributed by atoms with Crippen LogP contribution in [0.2, 0.25) is 0 Å². The van der Waals surface area contributed by atoms with Crippen LogP contribution < -0.4 is 0 Å². The molecule has 0 fully saturated rings. The molecule has 0 radical (unpaired) electrons. The van der Waals surface area contributed by atoms with Crippen molar-refractivity contribution in [3.05, 3.63) is 0 Å². The van der Waals surface area contributed by atoms with E-state index in [9.17, 15) is 0 Å². The third-order valence-corrected chi connectivity index (χ3v) is 1.98. The zero-order valence-corrected chi connectivity index (χ0v) is 9.01. The summed E-state index contributed by atoms with van der Waals surface area (Å²) in [6.45, 7) is 9.56. The average molecular weight is 188 g/mol. The van der Waals surface area contributed by atoms with E-state index in [2.05, 4.69) is 33.7 Å². The van der Waals surface area contributed by atoms with Crippen LogP contribution in [0, 0.1) is 0 Å². The van der Waals surface area contributed by atoms with Gasteiger partial charge in [0.2, 0.25) is 0 Å². The molecule has 0 aliphatic heterocycles. The van der Waals surface area contributed by atoms with Gasteiger partial charge in [0.1, 0.15) is 0 Å². The summed E-state index contributed by atoms with van der Waals surface area (Å²) in [5.41, 5.74) is 0. The Kier molecular flexibility index (Phi) is 9.26. The molecule has 0 atom stereocenters. The van der Waals surface area contributed by atoms with Crippen LogP contribution in [0.15, 0.2) is 0 Å². The Morgan fingerprint density at radius 1 is 1.08 bits per heavy atom. The Morgan fingerprint density at radius 3 is 2.25 bits per heavy atom. The van der Waals surface area contributed by atoms with Gasteiger partial charge in [-0.15, -0.1) is 0 Å². The first-order chi connectivity index (χ1) is 5.85. The van der Waals surface area contributed by atoms with Gasteiger partial charge in [0.15, 0.2) is 0 Å². The maximum absolute atomic E-state index is 5.31. The van der Waals surface area contributed by atoms with Gasteiger partial charge >= 0.3 is 77.9 Å². The summed E-state index contributed by atoms with van der Waals surface area (Å²) in [6.07, 6.45) is 0. The molecule has 0 aromatic heterocycles. The SMILES string of the molecule is CCN(CC)CCOCCO[Si+3]. The molecule has 0 spiro atoms. The number of hydrogen-bond acceptors (Lipinski definition) is 3. The number of hydrogen-bond donors (Lipinski definition) is 0. The minimum atomic E-state index is 0.606. The molecule has 0 saturated carbocycles. The molecule has 3 nitrogen and oxygen atoms in total. The summed E-state index contributed by atoms with van der Waals surface area (Å²) in [5, 5.41) is 0. The van der Waals surface area contributed by atoms with Gasteiger partial charge in [0.05, 0.1) is 0 Å². The summed E-state index contributed by atoms with van der Waals surface area (Å²) in [5.74, 6) is 0. The van der Waals surface area contributed by atoms with E-state index in [4.69, 9.17) is 4.74 Å². The van der Waals surface area contributed by atoms with Crippen LogP contribution in [-0.2, 0) is 9.16 Å². The van der Waals surface area contributed by atoms with Crippen molar-refractivity contribution < 1.29 is 9.16 Å². The second-order valence-corrected chi connectivity index (χ2v) is 2.78. The third-order valence-electron chi connectivity index (χ3n) is 1.78. The molecule has 0 aliphatic carbocycles. The van der Waals surface area contributed by atoms with Crippen LogP contribution in [0.25, 0.3) is 0 Å². The van der Waals surface area contributed by atoms with E-state index in [1.807, 2.05) is 0 Å². The van der Waals surface area contributed by atoms with E-state index in [0.29, 0.717) is 13.2 Å². The molecule has 0 saturated heterocycles. The standard InChI is InChI=1S/C8H18NO2Si/c1-3-9(4-2)5-6-10-7-8-11-12/h3-8H2,1-2H3/q+3. The van der Waals surface area contributed by atoms with Crippen LogP contribution >= 0.6 is 0 Å². The predicted octanol–water partition coefficient (Wildman–Crippen LogP) is 0.445. The average Bonchev–Trinajstić information content (AvgIpc) is 2.11. The van der Waals surface area contributed by atoms with Crippen LogP contribution in [-0.4, -0.2) is 54.8 Å². The molecule has 12 heavy (non-hydrogen) atoms. The van der Waals surface area contributed by atoms with Crippen LogP contribution in [0.5, 0.6) is 0 Å². The van der Waals surface area contributed by atoms with Crippen molar-refractivity contribution in [3.8, 4) is 0 Å². The summed E-state index contributed by atoms with van der Waals surface area (Å²) < 4.78 is 9.98. The topological polar surface area (TPSA) is 21.7 Å². The zero-order chi connectivity index (χ0) is 9.23. The molecule has 4 heteroatoms. The van der Waals surface area contributed by atoms with Gasteiger partial charge in [-0.1, -0.05) is 0 Å². The predicted molar refractivity (Wildman–Crippen MR) is 50.3 cm³/mol. The van der Waals surface area contributed by atoms with Crippen molar-refractivity contribution in [3.63, 3.8) is 0 Å². The quantitative estimate of drug-likeness (QED) is 0.408. The number of ether oxygens (including phenoxy) is 1. The first kappa shape index (κ1) is 12.1. The second-order valence-electron chi connectivity index (χ2n) is 2.49. The van der Waals surface area contributed by atoms with E-state index >= 15 is 0 Å². The van der Waals surface area contributed by atoms with Crippen molar-refractivity contribution >= 4 is 10.5 Å². The molecule has 0 aromatic rings. The second kappa shape index (κ2) is 9.19. The van der Waals surface area contributed by atoms with Crippen molar-refractivity contribution in [2.45, 2.75) is 13.8 Å². The maximum atomic E-state index is 5.31. The van der Waals surface area contributed by atoms with Crippen molar-refractivity contribution in [1.29, 1.82) is 0 Å². The molecule has 0 unspecified atom stereocenters. The number of rotatable bonds is 8. The fourth-order valence-electron chi connectivity index (χ4n) is 0.936. The van der Waals surface area contributed by atoms with E-state index in [-0.39, 0.29) is 0 Å². The summed E-state index contributed by atoms with van der Waals surface area (Å²) in [7, 11) is 2.91.